The molecule has 0 fully saturated rings. The third kappa shape index (κ3) is 4.99. The van der Waals surface area contributed by atoms with E-state index >= 15 is 0 Å². The summed E-state index contributed by atoms with van der Waals surface area (Å²) in [7, 11) is 0. The molecule has 1 rings (SSSR count). The number of allylic oxidation sites excluding steroid dienone is 4. The van der Waals surface area contributed by atoms with Crippen LogP contribution in [0.25, 0.3) is 6.08 Å². The Morgan fingerprint density at radius 2 is 1.62 bits per heavy atom. The molecule has 0 aromatic heterocycles. The summed E-state index contributed by atoms with van der Waals surface area (Å²) in [5, 5.41) is 0. The molecule has 0 aliphatic carbocycles. The third-order valence-electron chi connectivity index (χ3n) is 1.45. The molecule has 0 spiro atoms. The number of hydrogen-bond donors (Lipinski definition) is 0. The summed E-state index contributed by atoms with van der Waals surface area (Å²) >= 11 is 0. The molecule has 13 heavy (non-hydrogen) atoms. The highest BCUT2D eigenvalue weighted by Gasteiger charge is 1.78. The van der Waals surface area contributed by atoms with E-state index in [-0.39, 0.29) is 11.0 Å². The lowest BCUT2D eigenvalue weighted by Crippen LogP contribution is -1.66. The Labute approximate surface area is 84.3 Å². The zero-order valence-corrected chi connectivity index (χ0v) is 6.98. The zero-order valence-electron chi connectivity index (χ0n) is 6.98. The van der Waals surface area contributed by atoms with Crippen molar-refractivity contribution in [2.24, 2.45) is 0 Å². The molecule has 0 radical (unpaired) electrons. The molecule has 1 heteroatoms. The van der Waals surface area contributed by atoms with Crippen LogP contribution in [0, 0.1) is 0 Å². The summed E-state index contributed by atoms with van der Waals surface area (Å²) in [6.45, 7) is 3.58. The van der Waals surface area contributed by atoms with Gasteiger partial charge in [-0.3, -0.25) is 0 Å². The van der Waals surface area contributed by atoms with Crippen LogP contribution in [0.15, 0.2) is 61.2 Å². The molecule has 0 amide bonds. The van der Waals surface area contributed by atoms with Crippen molar-refractivity contribution < 1.29 is 0 Å². The fourth-order valence-corrected chi connectivity index (χ4v) is 0.874. The summed E-state index contributed by atoms with van der Waals surface area (Å²) in [4.78, 5) is 0. The van der Waals surface area contributed by atoms with Crippen molar-refractivity contribution in [3.05, 3.63) is 66.8 Å². The van der Waals surface area contributed by atoms with Crippen LogP contribution >= 0.6 is 0 Å². The van der Waals surface area contributed by atoms with Gasteiger partial charge in [0.25, 0.3) is 0 Å². The van der Waals surface area contributed by atoms with Crippen molar-refractivity contribution in [2.45, 2.75) is 0 Å². The van der Waals surface area contributed by atoms with E-state index in [1.165, 1.54) is 5.56 Å². The summed E-state index contributed by atoms with van der Waals surface area (Å²) in [6.07, 6.45) is 9.67. The first-order valence-electron chi connectivity index (χ1n) is 3.94. The van der Waals surface area contributed by atoms with Gasteiger partial charge in [-0.15, -0.1) is 0 Å². The van der Waals surface area contributed by atoms with Gasteiger partial charge < -0.3 is 0 Å². The fraction of sp³-hybridized carbons (Fsp3) is 0. The van der Waals surface area contributed by atoms with Crippen molar-refractivity contribution in [2.75, 3.05) is 0 Å². The molecule has 0 saturated heterocycles. The van der Waals surface area contributed by atoms with Crippen LogP contribution in [-0.4, -0.2) is 11.0 Å². The van der Waals surface area contributed by atoms with Crippen molar-refractivity contribution in [1.29, 1.82) is 0 Å². The molecule has 0 heterocycles. The van der Waals surface area contributed by atoms with Crippen LogP contribution in [0.3, 0.4) is 0 Å². The lowest BCUT2D eigenvalue weighted by Gasteiger charge is -1.87. The van der Waals surface area contributed by atoms with Crippen molar-refractivity contribution in [1.82, 2.24) is 0 Å². The molecule has 0 bridgehead atoms. The van der Waals surface area contributed by atoms with Crippen LogP contribution in [0.4, 0.5) is 0 Å². The summed E-state index contributed by atoms with van der Waals surface area (Å²) in [6, 6.07) is 10.2. The largest absolute Gasteiger partial charge is 0.0991 e. The molecule has 0 aliphatic heterocycles. The minimum Gasteiger partial charge on any atom is -0.0991 e. The van der Waals surface area contributed by atoms with Crippen molar-refractivity contribution >= 4 is 17.0 Å². The quantitative estimate of drug-likeness (QED) is 0.503. The Bertz CT molecular complexity index is 283. The SMILES string of the molecule is C=CC=CC=Cc1ccccc1.[SiH4]. The minimum atomic E-state index is 0. The van der Waals surface area contributed by atoms with E-state index in [9.17, 15) is 0 Å². The normalized spacial score (nSPS) is 10.2. The molecule has 0 unspecified atom stereocenters. The van der Waals surface area contributed by atoms with E-state index in [1.807, 2.05) is 36.4 Å². The monoisotopic (exact) mass is 188 g/mol. The van der Waals surface area contributed by atoms with Gasteiger partial charge in [0.1, 0.15) is 0 Å². The topological polar surface area (TPSA) is 0 Å². The predicted molar refractivity (Wildman–Crippen MR) is 66.1 cm³/mol. The standard InChI is InChI=1S/C12H12.H4Si/c1-2-3-4-6-9-12-10-7-5-8-11-12;/h2-11H,1H2;1H4. The smallest absolute Gasteiger partial charge is 0.0149 e. The first-order valence-corrected chi connectivity index (χ1v) is 3.94. The fourth-order valence-electron chi connectivity index (χ4n) is 0.874. The first kappa shape index (κ1) is 11.7. The molecule has 0 aliphatic rings. The molecule has 1 aromatic rings. The second-order valence-electron chi connectivity index (χ2n) is 2.39. The predicted octanol–water partition coefficient (Wildman–Crippen LogP) is 1.99. The minimum absolute atomic E-state index is 0. The van der Waals surface area contributed by atoms with E-state index < -0.39 is 0 Å². The molecule has 0 saturated carbocycles. The zero-order chi connectivity index (χ0) is 8.65. The van der Waals surface area contributed by atoms with Gasteiger partial charge in [-0.25, -0.2) is 0 Å². The molecule has 0 nitrogen and oxygen atoms in total. The van der Waals surface area contributed by atoms with Crippen molar-refractivity contribution in [3.63, 3.8) is 0 Å². The summed E-state index contributed by atoms with van der Waals surface area (Å²) in [5.41, 5.74) is 1.21. The molecule has 0 atom stereocenters. The van der Waals surface area contributed by atoms with Gasteiger partial charge >= 0.3 is 0 Å². The molecule has 68 valence electrons. The maximum atomic E-state index is 3.58. The van der Waals surface area contributed by atoms with Gasteiger partial charge in [0.05, 0.1) is 0 Å². The Kier molecular flexibility index (Phi) is 6.56. The van der Waals surface area contributed by atoms with E-state index in [4.69, 9.17) is 0 Å². The molecule has 1 aromatic carbocycles. The second-order valence-corrected chi connectivity index (χ2v) is 2.39. The van der Waals surface area contributed by atoms with Crippen LogP contribution in [0.5, 0.6) is 0 Å². The van der Waals surface area contributed by atoms with Gasteiger partial charge in [-0.2, -0.15) is 0 Å². The van der Waals surface area contributed by atoms with Crippen LogP contribution in [0.1, 0.15) is 5.56 Å². The van der Waals surface area contributed by atoms with E-state index in [2.05, 4.69) is 24.8 Å². The number of hydrogen-bond acceptors (Lipinski definition) is 0. The Hall–Kier alpha value is -1.34. The van der Waals surface area contributed by atoms with Crippen molar-refractivity contribution in [3.8, 4) is 0 Å². The van der Waals surface area contributed by atoms with E-state index in [1.54, 1.807) is 6.08 Å². The van der Waals surface area contributed by atoms with Gasteiger partial charge in [0.2, 0.25) is 0 Å². The van der Waals surface area contributed by atoms with Gasteiger partial charge in [-0.05, 0) is 16.5 Å². The summed E-state index contributed by atoms with van der Waals surface area (Å²) in [5.74, 6) is 0. The lowest BCUT2D eigenvalue weighted by molar-refractivity contribution is 1.66. The summed E-state index contributed by atoms with van der Waals surface area (Å²) < 4.78 is 0. The third-order valence-corrected chi connectivity index (χ3v) is 1.45. The van der Waals surface area contributed by atoms with Gasteiger partial charge in [0.15, 0.2) is 0 Å². The van der Waals surface area contributed by atoms with E-state index in [0.717, 1.165) is 0 Å². The van der Waals surface area contributed by atoms with E-state index in [0.29, 0.717) is 0 Å². The van der Waals surface area contributed by atoms with Gasteiger partial charge in [0, 0.05) is 0 Å². The van der Waals surface area contributed by atoms with Gasteiger partial charge in [-0.1, -0.05) is 67.3 Å². The Morgan fingerprint density at radius 1 is 0.923 bits per heavy atom. The maximum Gasteiger partial charge on any atom is -0.0149 e. The highest BCUT2D eigenvalue weighted by molar-refractivity contribution is 5.75. The number of rotatable bonds is 3. The highest BCUT2D eigenvalue weighted by atomic mass is 28.1. The molecule has 0 N–H and O–H groups in total. The van der Waals surface area contributed by atoms with Crippen LogP contribution in [-0.2, 0) is 0 Å². The highest BCUT2D eigenvalue weighted by Crippen LogP contribution is 2.00. The average Bonchev–Trinajstić information content (AvgIpc) is 2.14. The molecular weight excluding hydrogens is 172 g/mol. The first-order chi connectivity index (χ1) is 5.93. The van der Waals surface area contributed by atoms with Crippen LogP contribution < -0.4 is 0 Å². The number of benzene rings is 1. The molecular formula is C12H16Si. The Balaban J connectivity index is 0.00000144. The lowest BCUT2D eigenvalue weighted by atomic mass is 10.2. The second kappa shape index (κ2) is 7.31. The van der Waals surface area contributed by atoms with Crippen LogP contribution in [0.2, 0.25) is 0 Å². The maximum absolute atomic E-state index is 3.58. The average molecular weight is 188 g/mol. The Morgan fingerprint density at radius 3 is 2.23 bits per heavy atom.